The van der Waals surface area contributed by atoms with Crippen LogP contribution in [0.2, 0.25) is 0 Å². The van der Waals surface area contributed by atoms with Crippen LogP contribution in [0.4, 0.5) is 0 Å². The van der Waals surface area contributed by atoms with Gasteiger partial charge in [0.05, 0.1) is 0 Å². The summed E-state index contributed by atoms with van der Waals surface area (Å²) in [4.78, 5) is 12.8. The van der Waals surface area contributed by atoms with Crippen molar-refractivity contribution < 1.29 is 0 Å². The van der Waals surface area contributed by atoms with Crippen molar-refractivity contribution in [2.75, 3.05) is 124 Å². The Bertz CT molecular complexity index is 5180. The minimum Gasteiger partial charge on any atom is -0.310 e. The average molecular weight is 1740 g/mol. The Morgan fingerprint density at radius 2 is 0.256 bits per heavy atom. The van der Waals surface area contributed by atoms with Crippen LogP contribution in [0.15, 0.2) is 243 Å². The van der Waals surface area contributed by atoms with Gasteiger partial charge >= 0.3 is 0 Å². The van der Waals surface area contributed by atoms with Gasteiger partial charge in [-0.2, -0.15) is 0 Å². The lowest BCUT2D eigenvalue weighted by Gasteiger charge is -2.09. The first kappa shape index (κ1) is 115. The van der Waals surface area contributed by atoms with E-state index in [2.05, 4.69) is 398 Å². The summed E-state index contributed by atoms with van der Waals surface area (Å²) in [5, 5.41) is 13.5. The van der Waals surface area contributed by atoms with Gasteiger partial charge in [0.15, 0.2) is 0 Å². The number of fused-ring (bicyclic) bond motifs is 23. The third kappa shape index (κ3) is 31.7. The van der Waals surface area contributed by atoms with E-state index in [-0.39, 0.29) is 7.43 Å². The summed E-state index contributed by atoms with van der Waals surface area (Å²) < 4.78 is 0. The molecule has 0 amide bonds. The first-order valence-electron chi connectivity index (χ1n) is 49.2. The summed E-state index contributed by atoms with van der Waals surface area (Å²) in [6.45, 7) is 55.6. The molecule has 0 radical (unpaired) electrons. The minimum atomic E-state index is 0. The quantitative estimate of drug-likeness (QED) is 0.164. The predicted octanol–water partition coefficient (Wildman–Crippen LogP) is 33.5. The van der Waals surface area contributed by atoms with E-state index in [1.54, 1.807) is 0 Å². The summed E-state index contributed by atoms with van der Waals surface area (Å²) in [5.41, 5.74) is 34.5. The van der Waals surface area contributed by atoms with Gasteiger partial charge in [-0.3, -0.25) is 0 Å². The number of hydrogen-bond donors (Lipinski definition) is 0. The van der Waals surface area contributed by atoms with Crippen LogP contribution in [0.25, 0.3) is 121 Å². The second-order valence-corrected chi connectivity index (χ2v) is 31.9. The van der Waals surface area contributed by atoms with Crippen LogP contribution in [0.1, 0.15) is 240 Å². The molecule has 0 fully saturated rings. The average Bonchev–Trinajstić information content (AvgIpc) is 1.61. The van der Waals surface area contributed by atoms with Crippen molar-refractivity contribution in [3.63, 3.8) is 0 Å². The summed E-state index contributed by atoms with van der Waals surface area (Å²) in [7, 11) is 24.7. The molecule has 129 heavy (non-hydrogen) atoms. The molecule has 0 saturated carbocycles. The molecule has 14 aromatic carbocycles. The highest BCUT2D eigenvalue weighted by Gasteiger charge is 2.27. The van der Waals surface area contributed by atoms with Crippen molar-refractivity contribution >= 4 is 53.9 Å². The molecular weight excluding hydrogens is 1560 g/mol. The van der Waals surface area contributed by atoms with E-state index >= 15 is 0 Å². The second kappa shape index (κ2) is 61.7. The van der Waals surface area contributed by atoms with Crippen LogP contribution in [-0.4, -0.2) is 153 Å². The predicted molar refractivity (Wildman–Crippen MR) is 591 cm³/mol. The lowest BCUT2D eigenvalue weighted by molar-refractivity contribution is 0.434. The monoisotopic (exact) mass is 1740 g/mol. The summed E-state index contributed by atoms with van der Waals surface area (Å²) in [6.07, 6.45) is 6.33. The van der Waals surface area contributed by atoms with E-state index in [0.717, 1.165) is 77.8 Å². The third-order valence-electron chi connectivity index (χ3n) is 22.7. The van der Waals surface area contributed by atoms with Crippen molar-refractivity contribution in [3.8, 4) is 66.8 Å². The number of nitrogens with zero attached hydrogens (tertiary/aromatic N) is 6. The van der Waals surface area contributed by atoms with Crippen molar-refractivity contribution in [2.45, 2.75) is 212 Å². The molecule has 6 aliphatic carbocycles. The number of benzene rings is 14. The number of rotatable bonds is 6. The zero-order valence-corrected chi connectivity index (χ0v) is 87.3. The summed E-state index contributed by atoms with van der Waals surface area (Å²) in [5.74, 6) is 0. The van der Waals surface area contributed by atoms with Gasteiger partial charge < -0.3 is 29.4 Å². The Morgan fingerprint density at radius 1 is 0.147 bits per heavy atom. The van der Waals surface area contributed by atoms with E-state index in [4.69, 9.17) is 0 Å². The molecule has 0 unspecified atom stereocenters. The Hall–Kier alpha value is -9.86. The van der Waals surface area contributed by atoms with Crippen molar-refractivity contribution in [2.24, 2.45) is 0 Å². The molecule has 0 atom stereocenters. The van der Waals surface area contributed by atoms with E-state index in [0.29, 0.717) is 0 Å². The van der Waals surface area contributed by atoms with E-state index in [1.807, 2.05) is 125 Å². The molecule has 0 saturated heterocycles. The molecule has 6 aliphatic rings. The maximum absolute atomic E-state index is 2.44. The van der Waals surface area contributed by atoms with Gasteiger partial charge in [0, 0.05) is 0 Å². The molecule has 698 valence electrons. The van der Waals surface area contributed by atoms with Crippen LogP contribution in [0.5, 0.6) is 0 Å². The molecule has 0 heterocycles. The van der Waals surface area contributed by atoms with Gasteiger partial charge in [-0.1, -0.05) is 368 Å². The molecule has 6 heteroatoms. The second-order valence-electron chi connectivity index (χ2n) is 31.9. The molecule has 0 aliphatic heterocycles. The fraction of sp³-hybridized carbons (Fsp3) is 0.398. The lowest BCUT2D eigenvalue weighted by Crippen LogP contribution is -2.08. The highest BCUT2D eigenvalue weighted by molar-refractivity contribution is 6.02. The van der Waals surface area contributed by atoms with Gasteiger partial charge in [-0.15, -0.1) is 0 Å². The molecule has 20 rings (SSSR count). The minimum absolute atomic E-state index is 0. The standard InChI is InChI=1S/C32H20.2C24H16.6C4H11N.9C2H6.CH4/c1-3-7-21-15-29-25(9-19(21)5-1)13-27-11-23-18-32-28(12-24(23)17-31(27)29)14-26-10-20-6-2-4-8-22(20)16-30(26)32;1-3-7-21-15(5-1)9-19-11-17-14-24-20(12-18(17)13-23(19)21)10-16-6-2-4-8-22(16)24;1-3-7-21-15(5-1)9-19-11-17-12-20-10-16-6-2-4-8-22(16)24(20)14-18(17)13-23(19)21;6*1-4-5(2)3;9*1-2;/h1-12,15-18H,13-14H2;2*1-8,11-14H,9-10H2;6*4H2,1-3H3;9*1-2H3;1H4. The zero-order valence-electron chi connectivity index (χ0n) is 87.3. The van der Waals surface area contributed by atoms with E-state index in [1.165, 1.54) is 187 Å². The van der Waals surface area contributed by atoms with Crippen LogP contribution in [0, 0.1) is 0 Å². The van der Waals surface area contributed by atoms with Gasteiger partial charge in [-0.05, 0) is 398 Å². The maximum Gasteiger partial charge on any atom is -0.00130 e. The smallest absolute Gasteiger partial charge is 0.00130 e. The Balaban J connectivity index is 0.000000528. The van der Waals surface area contributed by atoms with Crippen LogP contribution >= 0.6 is 0 Å². The SMILES string of the molecule is C.CC.CC.CC.CC.CC.CC.CC.CC.CC.CCN(C)C.CCN(C)C.CCN(C)C.CCN(C)C.CCN(C)C.CCN(C)C.c1ccc2c(c1)Cc1cc3cc4c(cc3cc1-2)-c1ccccc1C4.c1ccc2c(c1)Cc1cc3cc4c(cc3cc1-2)Cc1ccccc1-4.c1ccc2cc3c(cc2c1)Cc1cc2cc4c(cc2cc1-3)Cc1cc2ccccc2cc1-4. The van der Waals surface area contributed by atoms with E-state index in [9.17, 15) is 0 Å². The highest BCUT2D eigenvalue weighted by atomic mass is 15.1. The van der Waals surface area contributed by atoms with E-state index < -0.39 is 0 Å². The fourth-order valence-electron chi connectivity index (χ4n) is 15.1. The molecule has 0 N–H and O–H groups in total. The molecule has 0 bridgehead atoms. The Labute approximate surface area is 790 Å². The third-order valence-corrected chi connectivity index (χ3v) is 22.7. The topological polar surface area (TPSA) is 19.4 Å². The first-order chi connectivity index (χ1) is 62.1. The molecule has 0 spiro atoms. The van der Waals surface area contributed by atoms with Crippen molar-refractivity contribution in [3.05, 3.63) is 309 Å². The van der Waals surface area contributed by atoms with Gasteiger partial charge in [0.2, 0.25) is 0 Å². The van der Waals surface area contributed by atoms with Crippen LogP contribution < -0.4 is 0 Å². The molecule has 0 aromatic heterocycles. The molecular formula is C123H176N6. The zero-order chi connectivity index (χ0) is 95.9. The van der Waals surface area contributed by atoms with Gasteiger partial charge in [-0.25, -0.2) is 0 Å². The highest BCUT2D eigenvalue weighted by Crippen LogP contribution is 2.48. The van der Waals surface area contributed by atoms with Crippen LogP contribution in [-0.2, 0) is 38.5 Å². The molecule has 14 aromatic rings. The lowest BCUT2D eigenvalue weighted by atomic mass is 9.95. The van der Waals surface area contributed by atoms with Gasteiger partial charge in [0.25, 0.3) is 0 Å². The first-order valence-corrected chi connectivity index (χ1v) is 49.2. The summed E-state index contributed by atoms with van der Waals surface area (Å²) in [6, 6.07) is 91.2. The Kier molecular flexibility index (Phi) is 55.1. The maximum atomic E-state index is 2.44. The van der Waals surface area contributed by atoms with Gasteiger partial charge in [0.1, 0.15) is 0 Å². The van der Waals surface area contributed by atoms with Crippen molar-refractivity contribution in [1.29, 1.82) is 0 Å². The fourth-order valence-corrected chi connectivity index (χ4v) is 15.1. The number of hydrogen-bond acceptors (Lipinski definition) is 6. The van der Waals surface area contributed by atoms with Crippen LogP contribution in [0.3, 0.4) is 0 Å². The normalized spacial score (nSPS) is 11.0. The van der Waals surface area contributed by atoms with Crippen molar-refractivity contribution in [1.82, 2.24) is 29.4 Å². The molecule has 6 nitrogen and oxygen atoms in total. The largest absolute Gasteiger partial charge is 0.310 e. The Morgan fingerprint density at radius 3 is 0.426 bits per heavy atom. The summed E-state index contributed by atoms with van der Waals surface area (Å²) >= 11 is 0.